The largest absolute Gasteiger partial charge is 0.550 e. The van der Waals surface area contributed by atoms with E-state index in [1.54, 1.807) is 6.07 Å². The quantitative estimate of drug-likeness (QED) is 0.437. The number of aliphatic carboxylic acids is 1. The van der Waals surface area contributed by atoms with Crippen LogP contribution in [0.1, 0.15) is 6.42 Å². The van der Waals surface area contributed by atoms with E-state index in [0.29, 0.717) is 5.56 Å². The first-order chi connectivity index (χ1) is 9.56. The smallest absolute Gasteiger partial charge is 0.276 e. The first-order valence-electron chi connectivity index (χ1n) is 5.47. The summed E-state index contributed by atoms with van der Waals surface area (Å²) in [7, 11) is 0. The zero-order valence-corrected chi connectivity index (χ0v) is 10.8. The zero-order chi connectivity index (χ0) is 14.5. The molecule has 0 aliphatic carbocycles. The van der Waals surface area contributed by atoms with E-state index in [9.17, 15) is 20.0 Å². The highest BCUT2D eigenvalue weighted by Crippen LogP contribution is 2.25. The summed E-state index contributed by atoms with van der Waals surface area (Å²) >= 11 is 1.08. The molecule has 0 unspecified atom stereocenters. The number of rotatable bonds is 6. The lowest BCUT2D eigenvalue weighted by Gasteiger charge is -1.98. The van der Waals surface area contributed by atoms with E-state index < -0.39 is 10.9 Å². The second-order valence-corrected chi connectivity index (χ2v) is 4.70. The van der Waals surface area contributed by atoms with Gasteiger partial charge in [0, 0.05) is 29.4 Å². The van der Waals surface area contributed by atoms with Crippen LogP contribution in [0.2, 0.25) is 0 Å². The van der Waals surface area contributed by atoms with Crippen molar-refractivity contribution in [1.29, 1.82) is 0 Å². The summed E-state index contributed by atoms with van der Waals surface area (Å²) < 4.78 is 5.29. The Balaban J connectivity index is 2.10. The van der Waals surface area contributed by atoms with Gasteiger partial charge in [0.15, 0.2) is 0 Å². The lowest BCUT2D eigenvalue weighted by Crippen LogP contribution is -2.22. The first-order valence-corrected chi connectivity index (χ1v) is 6.46. The van der Waals surface area contributed by atoms with E-state index in [1.807, 2.05) is 0 Å². The number of nitro benzene ring substituents is 1. The number of carbonyl (C=O) groups is 1. The summed E-state index contributed by atoms with van der Waals surface area (Å²) in [6, 6.07) is 5.80. The number of hydrogen-bond donors (Lipinski definition) is 0. The molecule has 0 bridgehead atoms. The van der Waals surface area contributed by atoms with Gasteiger partial charge < -0.3 is 14.3 Å². The predicted octanol–water partition coefficient (Wildman–Crippen LogP) is 0.877. The molecule has 8 nitrogen and oxygen atoms in total. The van der Waals surface area contributed by atoms with Crippen LogP contribution < -0.4 is 5.11 Å². The fourth-order valence-electron chi connectivity index (χ4n) is 1.36. The van der Waals surface area contributed by atoms with Crippen LogP contribution >= 0.6 is 11.8 Å². The maximum absolute atomic E-state index is 10.7. The Kier molecular flexibility index (Phi) is 4.31. The lowest BCUT2D eigenvalue weighted by molar-refractivity contribution is -0.384. The Bertz CT molecular complexity index is 642. The highest BCUT2D eigenvalue weighted by Gasteiger charge is 2.12. The fourth-order valence-corrected chi connectivity index (χ4v) is 2.04. The molecule has 0 spiro atoms. The minimum Gasteiger partial charge on any atom is -0.550 e. The Morgan fingerprint density at radius 1 is 1.40 bits per heavy atom. The fraction of sp³-hybridized carbons (Fsp3) is 0.182. The molecule has 0 amide bonds. The Morgan fingerprint density at radius 3 is 2.90 bits per heavy atom. The van der Waals surface area contributed by atoms with Gasteiger partial charge >= 0.3 is 0 Å². The number of aromatic nitrogens is 2. The third-order valence-corrected chi connectivity index (χ3v) is 3.06. The Hall–Kier alpha value is -2.42. The summed E-state index contributed by atoms with van der Waals surface area (Å²) in [5.74, 6) is -0.764. The van der Waals surface area contributed by atoms with E-state index in [-0.39, 0.29) is 29.0 Å². The van der Waals surface area contributed by atoms with Gasteiger partial charge in [-0.25, -0.2) is 0 Å². The standard InChI is InChI=1S/C11H9N3O5S/c15-9(16)4-5-20-11-13-12-10(19-11)7-2-1-3-8(6-7)14(17)18/h1-3,6H,4-5H2,(H,15,16)/p-1. The van der Waals surface area contributed by atoms with Crippen molar-refractivity contribution in [1.82, 2.24) is 10.2 Å². The minimum absolute atomic E-state index is 0.0770. The van der Waals surface area contributed by atoms with Crippen molar-refractivity contribution in [2.75, 3.05) is 5.75 Å². The number of carboxylic acids is 1. The average Bonchev–Trinajstić information content (AvgIpc) is 2.87. The molecule has 1 aromatic carbocycles. The highest BCUT2D eigenvalue weighted by molar-refractivity contribution is 7.99. The zero-order valence-electron chi connectivity index (χ0n) is 10.0. The van der Waals surface area contributed by atoms with Crippen LogP contribution in [0.3, 0.4) is 0 Å². The SMILES string of the molecule is O=C([O-])CCSc1nnc(-c2cccc([N+](=O)[O-])c2)o1. The van der Waals surface area contributed by atoms with Gasteiger partial charge in [-0.3, -0.25) is 10.1 Å². The number of hydrogen-bond acceptors (Lipinski definition) is 8. The molecule has 0 fully saturated rings. The van der Waals surface area contributed by atoms with Gasteiger partial charge in [0.25, 0.3) is 10.9 Å². The van der Waals surface area contributed by atoms with Gasteiger partial charge in [-0.1, -0.05) is 17.8 Å². The summed E-state index contributed by atoms with van der Waals surface area (Å²) in [4.78, 5) is 20.4. The molecule has 0 saturated carbocycles. The number of carboxylic acid groups (broad SMARTS) is 1. The van der Waals surface area contributed by atoms with Crippen LogP contribution in [-0.4, -0.2) is 26.8 Å². The molecule has 0 N–H and O–H groups in total. The van der Waals surface area contributed by atoms with Gasteiger partial charge in [-0.2, -0.15) is 0 Å². The molecule has 0 atom stereocenters. The maximum atomic E-state index is 10.7. The number of non-ortho nitro benzene ring substituents is 1. The van der Waals surface area contributed by atoms with Gasteiger partial charge in [0.2, 0.25) is 5.89 Å². The van der Waals surface area contributed by atoms with Crippen LogP contribution in [0.5, 0.6) is 0 Å². The van der Waals surface area contributed by atoms with Crippen LogP contribution in [0.4, 0.5) is 5.69 Å². The van der Waals surface area contributed by atoms with Crippen LogP contribution in [0.25, 0.3) is 11.5 Å². The van der Waals surface area contributed by atoms with Crippen molar-refractivity contribution in [3.05, 3.63) is 34.4 Å². The number of nitro groups is 1. The van der Waals surface area contributed by atoms with E-state index in [2.05, 4.69) is 10.2 Å². The van der Waals surface area contributed by atoms with Crippen molar-refractivity contribution in [3.63, 3.8) is 0 Å². The Morgan fingerprint density at radius 2 is 2.20 bits per heavy atom. The predicted molar refractivity (Wildman–Crippen MR) is 66.7 cm³/mol. The molecule has 9 heteroatoms. The van der Waals surface area contributed by atoms with Crippen molar-refractivity contribution in [2.24, 2.45) is 0 Å². The third-order valence-electron chi connectivity index (χ3n) is 2.24. The van der Waals surface area contributed by atoms with E-state index >= 15 is 0 Å². The normalized spacial score (nSPS) is 10.4. The number of thioether (sulfide) groups is 1. The maximum Gasteiger partial charge on any atom is 0.276 e. The summed E-state index contributed by atoms with van der Waals surface area (Å²) in [6.45, 7) is 0. The number of benzene rings is 1. The van der Waals surface area contributed by atoms with E-state index in [0.717, 1.165) is 11.8 Å². The van der Waals surface area contributed by atoms with E-state index in [1.165, 1.54) is 18.2 Å². The molecular weight excluding hydrogens is 286 g/mol. The Labute approximate surface area is 117 Å². The van der Waals surface area contributed by atoms with Gasteiger partial charge in [0.05, 0.1) is 4.92 Å². The third kappa shape index (κ3) is 3.54. The van der Waals surface area contributed by atoms with Crippen molar-refractivity contribution in [3.8, 4) is 11.5 Å². The van der Waals surface area contributed by atoms with Gasteiger partial charge in [0.1, 0.15) is 0 Å². The average molecular weight is 294 g/mol. The van der Waals surface area contributed by atoms with E-state index in [4.69, 9.17) is 4.42 Å². The topological polar surface area (TPSA) is 122 Å². The van der Waals surface area contributed by atoms with Crippen molar-refractivity contribution >= 4 is 23.4 Å². The molecule has 104 valence electrons. The minimum atomic E-state index is -1.16. The summed E-state index contributed by atoms with van der Waals surface area (Å²) in [5, 5.41) is 28.6. The van der Waals surface area contributed by atoms with Crippen LogP contribution in [0, 0.1) is 10.1 Å². The summed E-state index contributed by atoms with van der Waals surface area (Å²) in [5.41, 5.74) is 0.352. The molecule has 0 saturated heterocycles. The van der Waals surface area contributed by atoms with Crippen LogP contribution in [0.15, 0.2) is 33.9 Å². The molecule has 1 aromatic heterocycles. The number of carbonyl (C=O) groups excluding carboxylic acids is 1. The first kappa shape index (κ1) is 14.0. The molecule has 0 aliphatic heterocycles. The molecule has 0 radical (unpaired) electrons. The highest BCUT2D eigenvalue weighted by atomic mass is 32.2. The molecule has 20 heavy (non-hydrogen) atoms. The second kappa shape index (κ2) is 6.15. The van der Waals surface area contributed by atoms with Crippen molar-refractivity contribution in [2.45, 2.75) is 11.6 Å². The van der Waals surface area contributed by atoms with Crippen LogP contribution in [-0.2, 0) is 4.79 Å². The molecule has 1 heterocycles. The van der Waals surface area contributed by atoms with Gasteiger partial charge in [-0.15, -0.1) is 10.2 Å². The monoisotopic (exact) mass is 294 g/mol. The second-order valence-electron chi connectivity index (χ2n) is 3.65. The summed E-state index contributed by atoms with van der Waals surface area (Å²) in [6.07, 6.45) is -0.126. The lowest BCUT2D eigenvalue weighted by atomic mass is 10.2. The molecule has 2 aromatic rings. The molecule has 0 aliphatic rings. The molecular formula is C11H8N3O5S-. The van der Waals surface area contributed by atoms with Crippen molar-refractivity contribution < 1.29 is 19.2 Å². The number of nitrogens with zero attached hydrogens (tertiary/aromatic N) is 3. The molecule has 2 rings (SSSR count). The van der Waals surface area contributed by atoms with Gasteiger partial charge in [-0.05, 0) is 12.5 Å².